The van der Waals surface area contributed by atoms with E-state index in [1.807, 2.05) is 0 Å². The van der Waals surface area contributed by atoms with Gasteiger partial charge in [-0.25, -0.2) is 0 Å². The molecule has 0 bridgehead atoms. The monoisotopic (exact) mass is 272 g/mol. The molecule has 0 rings (SSSR count). The molecule has 1 unspecified atom stereocenters. The number of ether oxygens (including phenoxy) is 1. The van der Waals surface area contributed by atoms with Crippen LogP contribution in [0.1, 0.15) is 13.3 Å². The van der Waals surface area contributed by atoms with Gasteiger partial charge in [0.1, 0.15) is 3.92 Å². The second-order valence-electron chi connectivity index (χ2n) is 1.81. The molecule has 0 saturated heterocycles. The molecule has 0 radical (unpaired) electrons. The van der Waals surface area contributed by atoms with Crippen molar-refractivity contribution < 1.29 is 19.4 Å². The first kappa shape index (κ1) is 10.7. The number of alkyl halides is 1. The average Bonchev–Trinajstić information content (AvgIpc) is 1.87. The summed E-state index contributed by atoms with van der Waals surface area (Å²) in [6.45, 7) is 1.97. The van der Waals surface area contributed by atoms with Gasteiger partial charge in [0, 0.05) is 0 Å². The molecule has 0 fully saturated rings. The van der Waals surface area contributed by atoms with Crippen LogP contribution in [0.3, 0.4) is 0 Å². The van der Waals surface area contributed by atoms with Crippen LogP contribution >= 0.6 is 22.6 Å². The van der Waals surface area contributed by atoms with Gasteiger partial charge in [-0.1, -0.05) is 22.6 Å². The molecule has 0 aliphatic rings. The zero-order valence-electron chi connectivity index (χ0n) is 6.04. The second kappa shape index (κ2) is 5.34. The molecule has 1 N–H and O–H groups in total. The van der Waals surface area contributed by atoms with E-state index in [2.05, 4.69) is 4.74 Å². The molecule has 1 atom stereocenters. The lowest BCUT2D eigenvalue weighted by molar-refractivity contribution is -0.146. The van der Waals surface area contributed by atoms with Crippen molar-refractivity contribution in [1.29, 1.82) is 0 Å². The average molecular weight is 272 g/mol. The molecule has 5 heteroatoms. The van der Waals surface area contributed by atoms with Gasteiger partial charge in [-0.3, -0.25) is 9.59 Å². The highest BCUT2D eigenvalue weighted by Crippen LogP contribution is 2.06. The largest absolute Gasteiger partial charge is 0.480 e. The van der Waals surface area contributed by atoms with Crippen molar-refractivity contribution in [3.05, 3.63) is 0 Å². The highest BCUT2D eigenvalue weighted by atomic mass is 127. The SMILES string of the molecule is CCOC(=O)CC(I)C(=O)O. The molecule has 0 aliphatic heterocycles. The molecule has 4 nitrogen and oxygen atoms in total. The minimum Gasteiger partial charge on any atom is -0.480 e. The van der Waals surface area contributed by atoms with E-state index in [-0.39, 0.29) is 6.42 Å². The Morgan fingerprint density at radius 1 is 1.64 bits per heavy atom. The van der Waals surface area contributed by atoms with Crippen LogP contribution < -0.4 is 0 Å². The lowest BCUT2D eigenvalue weighted by Crippen LogP contribution is -2.18. The van der Waals surface area contributed by atoms with E-state index in [9.17, 15) is 9.59 Å². The van der Waals surface area contributed by atoms with E-state index in [4.69, 9.17) is 5.11 Å². The van der Waals surface area contributed by atoms with E-state index >= 15 is 0 Å². The molecular formula is C6H9IO4. The summed E-state index contributed by atoms with van der Waals surface area (Å²) < 4.78 is 3.87. The number of carboxylic acid groups (broad SMARTS) is 1. The summed E-state index contributed by atoms with van der Waals surface area (Å²) in [5.74, 6) is -1.45. The minimum atomic E-state index is -0.987. The third-order valence-corrected chi connectivity index (χ3v) is 1.89. The molecular weight excluding hydrogens is 263 g/mol. The van der Waals surface area contributed by atoms with Crippen molar-refractivity contribution in [2.45, 2.75) is 17.3 Å². The number of carboxylic acids is 1. The Morgan fingerprint density at radius 3 is 2.55 bits per heavy atom. The van der Waals surface area contributed by atoms with Gasteiger partial charge in [-0.15, -0.1) is 0 Å². The third-order valence-electron chi connectivity index (χ3n) is 0.919. The van der Waals surface area contributed by atoms with Gasteiger partial charge in [0.25, 0.3) is 0 Å². The van der Waals surface area contributed by atoms with Gasteiger partial charge in [0.15, 0.2) is 0 Å². The maximum Gasteiger partial charge on any atom is 0.317 e. The Morgan fingerprint density at radius 2 is 2.18 bits per heavy atom. The Bertz CT molecular complexity index is 157. The van der Waals surface area contributed by atoms with Gasteiger partial charge >= 0.3 is 11.9 Å². The van der Waals surface area contributed by atoms with Crippen LogP contribution in [-0.2, 0) is 14.3 Å². The number of esters is 1. The molecule has 0 aliphatic carbocycles. The quantitative estimate of drug-likeness (QED) is 0.467. The lowest BCUT2D eigenvalue weighted by Gasteiger charge is -2.02. The second-order valence-corrected chi connectivity index (χ2v) is 3.32. The number of carbonyl (C=O) groups excluding carboxylic acids is 1. The fraction of sp³-hybridized carbons (Fsp3) is 0.667. The van der Waals surface area contributed by atoms with Crippen molar-refractivity contribution in [2.75, 3.05) is 6.61 Å². The Labute approximate surface area is 78.1 Å². The summed E-state index contributed by atoms with van der Waals surface area (Å²) >= 11 is 1.69. The van der Waals surface area contributed by atoms with Crippen molar-refractivity contribution in [1.82, 2.24) is 0 Å². The number of halogens is 1. The summed E-state index contributed by atoms with van der Waals surface area (Å²) in [7, 11) is 0. The van der Waals surface area contributed by atoms with E-state index in [0.717, 1.165) is 0 Å². The first-order valence-electron chi connectivity index (χ1n) is 3.10. The van der Waals surface area contributed by atoms with Crippen LogP contribution in [0.5, 0.6) is 0 Å². The minimum absolute atomic E-state index is 0.0657. The number of rotatable bonds is 4. The lowest BCUT2D eigenvalue weighted by atomic mass is 10.3. The molecule has 11 heavy (non-hydrogen) atoms. The van der Waals surface area contributed by atoms with Crippen molar-refractivity contribution >= 4 is 34.5 Å². The van der Waals surface area contributed by atoms with Gasteiger partial charge in [0.2, 0.25) is 0 Å². The standard InChI is InChI=1S/C6H9IO4/c1-2-11-5(8)3-4(7)6(9)10/h4H,2-3H2,1H3,(H,9,10). The van der Waals surface area contributed by atoms with Crippen molar-refractivity contribution in [3.8, 4) is 0 Å². The maximum atomic E-state index is 10.7. The zero-order chi connectivity index (χ0) is 8.85. The fourth-order valence-corrected chi connectivity index (χ4v) is 0.813. The van der Waals surface area contributed by atoms with Crippen LogP contribution in [-0.4, -0.2) is 27.6 Å². The molecule has 0 aromatic carbocycles. The van der Waals surface area contributed by atoms with Crippen LogP contribution in [0.2, 0.25) is 0 Å². The van der Waals surface area contributed by atoms with Gasteiger partial charge < -0.3 is 9.84 Å². The molecule has 0 saturated carbocycles. The van der Waals surface area contributed by atoms with E-state index < -0.39 is 15.9 Å². The number of hydrogen-bond donors (Lipinski definition) is 1. The van der Waals surface area contributed by atoms with E-state index in [1.54, 1.807) is 29.5 Å². The highest BCUT2D eigenvalue weighted by molar-refractivity contribution is 14.1. The molecule has 64 valence electrons. The van der Waals surface area contributed by atoms with E-state index in [0.29, 0.717) is 6.61 Å². The van der Waals surface area contributed by atoms with Crippen molar-refractivity contribution in [3.63, 3.8) is 0 Å². The van der Waals surface area contributed by atoms with Gasteiger partial charge in [0.05, 0.1) is 13.0 Å². The summed E-state index contributed by atoms with van der Waals surface area (Å²) in [4.78, 5) is 20.9. The summed E-state index contributed by atoms with van der Waals surface area (Å²) in [5, 5.41) is 8.38. The molecule has 0 aromatic rings. The fourth-order valence-electron chi connectivity index (χ4n) is 0.454. The number of aliphatic carboxylic acids is 1. The topological polar surface area (TPSA) is 63.6 Å². The van der Waals surface area contributed by atoms with Crippen LogP contribution in [0.15, 0.2) is 0 Å². The maximum absolute atomic E-state index is 10.7. The Hall–Kier alpha value is -0.330. The predicted molar refractivity (Wildman–Crippen MR) is 46.7 cm³/mol. The first-order chi connectivity index (χ1) is 5.07. The molecule has 0 heterocycles. The smallest absolute Gasteiger partial charge is 0.317 e. The zero-order valence-corrected chi connectivity index (χ0v) is 8.20. The first-order valence-corrected chi connectivity index (χ1v) is 4.35. The predicted octanol–water partition coefficient (Wildman–Crippen LogP) is 0.828. The Balaban J connectivity index is 3.66. The molecule has 0 spiro atoms. The number of carbonyl (C=O) groups is 2. The molecule has 0 aromatic heterocycles. The Kier molecular flexibility index (Phi) is 5.18. The van der Waals surface area contributed by atoms with Crippen LogP contribution in [0.4, 0.5) is 0 Å². The van der Waals surface area contributed by atoms with Gasteiger partial charge in [-0.2, -0.15) is 0 Å². The summed E-state index contributed by atoms with van der Waals surface area (Å²) in [6.07, 6.45) is -0.0657. The van der Waals surface area contributed by atoms with Gasteiger partial charge in [-0.05, 0) is 6.92 Å². The molecule has 0 amide bonds. The van der Waals surface area contributed by atoms with Crippen LogP contribution in [0.25, 0.3) is 0 Å². The number of hydrogen-bond acceptors (Lipinski definition) is 3. The third kappa shape index (κ3) is 5.00. The summed E-state index contributed by atoms with van der Waals surface area (Å²) in [5.41, 5.74) is 0. The highest BCUT2D eigenvalue weighted by Gasteiger charge is 2.17. The van der Waals surface area contributed by atoms with E-state index in [1.165, 1.54) is 0 Å². The van der Waals surface area contributed by atoms with Crippen molar-refractivity contribution in [2.24, 2.45) is 0 Å². The normalized spacial score (nSPS) is 12.2. The van der Waals surface area contributed by atoms with Crippen LogP contribution in [0, 0.1) is 0 Å². The summed E-state index contributed by atoms with van der Waals surface area (Å²) in [6, 6.07) is 0.